The number of hydrogen-bond donors (Lipinski definition) is 1. The minimum absolute atomic E-state index is 0.585. The van der Waals surface area contributed by atoms with Crippen molar-refractivity contribution in [3.8, 4) is 11.1 Å². The Bertz CT molecular complexity index is 499. The van der Waals surface area contributed by atoms with Crippen LogP contribution >= 0.6 is 0 Å². The number of benzene rings is 2. The lowest BCUT2D eigenvalue weighted by molar-refractivity contribution is 0.542. The molecule has 0 heterocycles. The van der Waals surface area contributed by atoms with Gasteiger partial charge in [-0.3, -0.25) is 4.21 Å². The second-order valence-electron chi connectivity index (χ2n) is 3.25. The Morgan fingerprint density at radius 1 is 0.938 bits per heavy atom. The Balaban J connectivity index is 2.44. The van der Waals surface area contributed by atoms with Crippen LogP contribution in [0.15, 0.2) is 54.6 Å². The summed E-state index contributed by atoms with van der Waals surface area (Å²) in [4.78, 5) is 0. The molecule has 4 heteroatoms. The van der Waals surface area contributed by atoms with Crippen LogP contribution in [-0.4, -0.2) is 8.76 Å². The van der Waals surface area contributed by atoms with Crippen LogP contribution in [0.4, 0.5) is 5.69 Å². The molecule has 2 rings (SSSR count). The molecule has 0 spiro atoms. The third kappa shape index (κ3) is 2.48. The van der Waals surface area contributed by atoms with Gasteiger partial charge in [0.2, 0.25) is 0 Å². The fourth-order valence-electron chi connectivity index (χ4n) is 1.53. The minimum Gasteiger partial charge on any atom is -0.755 e. The van der Waals surface area contributed by atoms with Gasteiger partial charge in [0.05, 0.1) is 5.69 Å². The van der Waals surface area contributed by atoms with E-state index in [2.05, 4.69) is 4.72 Å². The molecule has 0 saturated carbocycles. The number of anilines is 1. The quantitative estimate of drug-likeness (QED) is 0.827. The average molecular weight is 232 g/mol. The predicted octanol–water partition coefficient (Wildman–Crippen LogP) is 2.56. The molecule has 0 fully saturated rings. The third-order valence-electron chi connectivity index (χ3n) is 2.21. The fourth-order valence-corrected chi connectivity index (χ4v) is 1.89. The van der Waals surface area contributed by atoms with Crippen LogP contribution < -0.4 is 4.72 Å². The van der Waals surface area contributed by atoms with Crippen LogP contribution in [0.3, 0.4) is 0 Å². The van der Waals surface area contributed by atoms with E-state index in [4.69, 9.17) is 0 Å². The van der Waals surface area contributed by atoms with E-state index in [1.165, 1.54) is 0 Å². The first-order chi connectivity index (χ1) is 7.77. The summed E-state index contributed by atoms with van der Waals surface area (Å²) in [6.07, 6.45) is 0. The second-order valence-corrected chi connectivity index (χ2v) is 3.92. The van der Waals surface area contributed by atoms with Crippen LogP contribution in [0.25, 0.3) is 11.1 Å². The molecule has 3 nitrogen and oxygen atoms in total. The molecular formula is C12H10NO2S-. The molecule has 0 bridgehead atoms. The highest BCUT2D eigenvalue weighted by Gasteiger charge is 2.02. The first kappa shape index (κ1) is 10.9. The summed E-state index contributed by atoms with van der Waals surface area (Å²) in [7, 11) is 0. The maximum Gasteiger partial charge on any atom is 0.0530 e. The first-order valence-corrected chi connectivity index (χ1v) is 5.85. The number of rotatable bonds is 3. The van der Waals surface area contributed by atoms with Crippen molar-refractivity contribution in [3.05, 3.63) is 54.6 Å². The van der Waals surface area contributed by atoms with E-state index in [-0.39, 0.29) is 0 Å². The van der Waals surface area contributed by atoms with Gasteiger partial charge < -0.3 is 9.27 Å². The summed E-state index contributed by atoms with van der Waals surface area (Å²) in [5.41, 5.74) is 2.44. The molecule has 2 aromatic rings. The molecule has 1 N–H and O–H groups in total. The van der Waals surface area contributed by atoms with Crippen LogP contribution in [0.2, 0.25) is 0 Å². The maximum absolute atomic E-state index is 10.6. The highest BCUT2D eigenvalue weighted by atomic mass is 32.2. The molecule has 0 radical (unpaired) electrons. The topological polar surface area (TPSA) is 52.2 Å². The maximum atomic E-state index is 10.6. The zero-order valence-corrected chi connectivity index (χ0v) is 9.24. The molecule has 0 amide bonds. The Labute approximate surface area is 96.6 Å². The van der Waals surface area contributed by atoms with Crippen LogP contribution in [0.1, 0.15) is 0 Å². The summed E-state index contributed by atoms with van der Waals surface area (Å²) in [5, 5.41) is 0. The molecule has 0 aliphatic heterocycles. The monoisotopic (exact) mass is 232 g/mol. The van der Waals surface area contributed by atoms with E-state index in [1.807, 2.05) is 42.5 Å². The normalized spacial score (nSPS) is 12.1. The second kappa shape index (κ2) is 4.92. The minimum atomic E-state index is -2.30. The first-order valence-electron chi connectivity index (χ1n) is 4.78. The zero-order chi connectivity index (χ0) is 11.4. The van der Waals surface area contributed by atoms with Crippen molar-refractivity contribution < 1.29 is 8.76 Å². The van der Waals surface area contributed by atoms with Gasteiger partial charge in [-0.2, -0.15) is 0 Å². The SMILES string of the molecule is O=S([O-])Nc1ccccc1-c1ccccc1. The van der Waals surface area contributed by atoms with Gasteiger partial charge in [0, 0.05) is 16.8 Å². The van der Waals surface area contributed by atoms with Crippen molar-refractivity contribution in [1.82, 2.24) is 0 Å². The lowest BCUT2D eigenvalue weighted by atomic mass is 10.0. The van der Waals surface area contributed by atoms with Gasteiger partial charge in [0.1, 0.15) is 0 Å². The standard InChI is InChI=1S/C12H11NO2S/c14-16(15)13-12-9-5-4-8-11(12)10-6-2-1-3-7-10/h1-9,13H,(H,14,15)/p-1. The molecule has 0 aromatic heterocycles. The van der Waals surface area contributed by atoms with Crippen molar-refractivity contribution in [2.45, 2.75) is 0 Å². The average Bonchev–Trinajstić information content (AvgIpc) is 2.30. The summed E-state index contributed by atoms with van der Waals surface area (Å²) < 4.78 is 23.7. The van der Waals surface area contributed by atoms with Crippen molar-refractivity contribution >= 4 is 17.0 Å². The molecule has 0 saturated heterocycles. The summed E-state index contributed by atoms with van der Waals surface area (Å²) in [6.45, 7) is 0. The number of hydrogen-bond acceptors (Lipinski definition) is 2. The molecule has 16 heavy (non-hydrogen) atoms. The van der Waals surface area contributed by atoms with Crippen molar-refractivity contribution in [2.24, 2.45) is 0 Å². The van der Waals surface area contributed by atoms with Gasteiger partial charge in [0.15, 0.2) is 0 Å². The third-order valence-corrected chi connectivity index (χ3v) is 2.59. The van der Waals surface area contributed by atoms with E-state index >= 15 is 0 Å². The smallest absolute Gasteiger partial charge is 0.0530 e. The van der Waals surface area contributed by atoms with E-state index < -0.39 is 11.3 Å². The van der Waals surface area contributed by atoms with Crippen LogP contribution in [0.5, 0.6) is 0 Å². The molecule has 1 unspecified atom stereocenters. The van der Waals surface area contributed by atoms with Crippen LogP contribution in [0, 0.1) is 0 Å². The highest BCUT2D eigenvalue weighted by Crippen LogP contribution is 2.27. The van der Waals surface area contributed by atoms with E-state index in [0.717, 1.165) is 11.1 Å². The summed E-state index contributed by atoms with van der Waals surface area (Å²) in [6, 6.07) is 16.9. The van der Waals surface area contributed by atoms with E-state index in [0.29, 0.717) is 5.69 Å². The van der Waals surface area contributed by atoms with Crippen LogP contribution in [-0.2, 0) is 11.3 Å². The van der Waals surface area contributed by atoms with Gasteiger partial charge >= 0.3 is 0 Å². The molecule has 82 valence electrons. The summed E-state index contributed by atoms with van der Waals surface area (Å²) in [5.74, 6) is 0. The largest absolute Gasteiger partial charge is 0.755 e. The zero-order valence-electron chi connectivity index (χ0n) is 8.42. The molecular weight excluding hydrogens is 222 g/mol. The number of para-hydroxylation sites is 1. The lowest BCUT2D eigenvalue weighted by Crippen LogP contribution is -2.03. The van der Waals surface area contributed by atoms with Crippen molar-refractivity contribution in [1.29, 1.82) is 0 Å². The van der Waals surface area contributed by atoms with Gasteiger partial charge in [-0.25, -0.2) is 0 Å². The lowest BCUT2D eigenvalue weighted by Gasteiger charge is -2.13. The Morgan fingerprint density at radius 3 is 2.25 bits per heavy atom. The number of nitrogens with one attached hydrogen (secondary N) is 1. The highest BCUT2D eigenvalue weighted by molar-refractivity contribution is 7.80. The van der Waals surface area contributed by atoms with Crippen molar-refractivity contribution in [2.75, 3.05) is 4.72 Å². The van der Waals surface area contributed by atoms with Gasteiger partial charge in [-0.1, -0.05) is 48.5 Å². The van der Waals surface area contributed by atoms with Crippen molar-refractivity contribution in [3.63, 3.8) is 0 Å². The van der Waals surface area contributed by atoms with Gasteiger partial charge in [-0.15, -0.1) is 0 Å². The molecule has 0 aliphatic carbocycles. The van der Waals surface area contributed by atoms with E-state index in [9.17, 15) is 8.76 Å². The summed E-state index contributed by atoms with van der Waals surface area (Å²) >= 11 is -2.30. The molecule has 0 aliphatic rings. The Kier molecular flexibility index (Phi) is 3.34. The molecule has 2 aromatic carbocycles. The molecule has 1 atom stereocenters. The Hall–Kier alpha value is -1.65. The Morgan fingerprint density at radius 2 is 1.56 bits per heavy atom. The fraction of sp³-hybridized carbons (Fsp3) is 0. The predicted molar refractivity (Wildman–Crippen MR) is 64.4 cm³/mol. The van der Waals surface area contributed by atoms with Gasteiger partial charge in [0.25, 0.3) is 0 Å². The van der Waals surface area contributed by atoms with Gasteiger partial charge in [-0.05, 0) is 11.6 Å². The van der Waals surface area contributed by atoms with E-state index in [1.54, 1.807) is 12.1 Å².